The van der Waals surface area contributed by atoms with Crippen molar-refractivity contribution >= 4 is 33.5 Å². The molecule has 2 heterocycles. The van der Waals surface area contributed by atoms with Crippen LogP contribution in [0.3, 0.4) is 0 Å². The summed E-state index contributed by atoms with van der Waals surface area (Å²) in [5.41, 5.74) is 1.17. The third-order valence-corrected chi connectivity index (χ3v) is 6.04. The van der Waals surface area contributed by atoms with Gasteiger partial charge in [-0.2, -0.15) is 8.42 Å². The first-order valence-corrected chi connectivity index (χ1v) is 11.7. The maximum absolute atomic E-state index is 12.3. The Morgan fingerprint density at radius 3 is 2.68 bits per heavy atom. The van der Waals surface area contributed by atoms with Gasteiger partial charge in [-0.05, 0) is 50.6 Å². The standard InChI is InChI=1S/C18H28N2O6S2/c1-12-13(10-25-28(5,23)24)11-27-16(12)14-6-7-15(21)20(14)9-8-19-17(22)26-18(2,3)4/h11,14H,6-10H2,1-5H3,(H,19,22)/t14-/m1/s1. The smallest absolute Gasteiger partial charge is 0.407 e. The van der Waals surface area contributed by atoms with Crippen LogP contribution in [0.1, 0.15) is 55.7 Å². The highest BCUT2D eigenvalue weighted by Gasteiger charge is 2.34. The first kappa shape index (κ1) is 22.6. The number of alkyl carbamates (subject to hydrolysis) is 1. The summed E-state index contributed by atoms with van der Waals surface area (Å²) in [6, 6.07) is -0.0788. The molecule has 10 heteroatoms. The highest BCUT2D eigenvalue weighted by atomic mass is 32.2. The Morgan fingerprint density at radius 2 is 2.07 bits per heavy atom. The van der Waals surface area contributed by atoms with Crippen molar-refractivity contribution in [2.45, 2.75) is 58.8 Å². The molecule has 1 N–H and O–H groups in total. The van der Waals surface area contributed by atoms with Gasteiger partial charge in [-0.3, -0.25) is 8.98 Å². The van der Waals surface area contributed by atoms with Crippen LogP contribution in [0.5, 0.6) is 0 Å². The van der Waals surface area contributed by atoms with E-state index in [9.17, 15) is 18.0 Å². The average Bonchev–Trinajstić information content (AvgIpc) is 3.06. The molecule has 1 aliphatic rings. The molecule has 2 amide bonds. The van der Waals surface area contributed by atoms with Gasteiger partial charge >= 0.3 is 6.09 Å². The number of rotatable bonds is 7. The Labute approximate surface area is 170 Å². The molecule has 1 saturated heterocycles. The molecule has 8 nitrogen and oxygen atoms in total. The number of carbonyl (C=O) groups excluding carboxylic acids is 2. The second-order valence-corrected chi connectivity index (χ2v) is 10.3. The van der Waals surface area contributed by atoms with E-state index in [1.165, 1.54) is 11.3 Å². The van der Waals surface area contributed by atoms with Crippen LogP contribution in [0.2, 0.25) is 0 Å². The van der Waals surface area contributed by atoms with E-state index < -0.39 is 21.8 Å². The minimum atomic E-state index is -3.51. The normalized spacial score (nSPS) is 17.8. The molecule has 2 rings (SSSR count). The zero-order valence-corrected chi connectivity index (χ0v) is 18.5. The molecule has 158 valence electrons. The molecule has 0 spiro atoms. The van der Waals surface area contributed by atoms with Gasteiger partial charge in [0.2, 0.25) is 5.91 Å². The molecular formula is C18H28N2O6S2. The van der Waals surface area contributed by atoms with Gasteiger partial charge < -0.3 is 15.0 Å². The number of ether oxygens (including phenoxy) is 1. The Morgan fingerprint density at radius 1 is 1.39 bits per heavy atom. The number of carbonyl (C=O) groups is 2. The summed E-state index contributed by atoms with van der Waals surface area (Å²) in [7, 11) is -3.51. The van der Waals surface area contributed by atoms with E-state index in [0.717, 1.165) is 22.3 Å². The fraction of sp³-hybridized carbons (Fsp3) is 0.667. The zero-order valence-electron chi connectivity index (χ0n) is 16.9. The number of hydrogen-bond donors (Lipinski definition) is 1. The summed E-state index contributed by atoms with van der Waals surface area (Å²) < 4.78 is 32.5. The Hall–Kier alpha value is -1.65. The van der Waals surface area contributed by atoms with Gasteiger partial charge in [-0.15, -0.1) is 11.3 Å². The van der Waals surface area contributed by atoms with Crippen LogP contribution in [0.4, 0.5) is 4.79 Å². The summed E-state index contributed by atoms with van der Waals surface area (Å²) in [5.74, 6) is 0.0396. The number of nitrogens with one attached hydrogen (secondary N) is 1. The van der Waals surface area contributed by atoms with Crippen molar-refractivity contribution in [1.29, 1.82) is 0 Å². The fourth-order valence-corrected chi connectivity index (χ4v) is 4.56. The molecule has 1 aromatic heterocycles. The molecule has 0 bridgehead atoms. The quantitative estimate of drug-likeness (QED) is 0.665. The summed E-state index contributed by atoms with van der Waals surface area (Å²) in [6.07, 6.45) is 1.65. The lowest BCUT2D eigenvalue weighted by Crippen LogP contribution is -2.39. The van der Waals surface area contributed by atoms with Crippen molar-refractivity contribution in [2.24, 2.45) is 0 Å². The van der Waals surface area contributed by atoms with Crippen LogP contribution in [-0.2, 0) is 30.4 Å². The molecule has 1 fully saturated rings. The second-order valence-electron chi connectivity index (χ2n) is 7.79. The maximum Gasteiger partial charge on any atom is 0.407 e. The van der Waals surface area contributed by atoms with E-state index in [-0.39, 0.29) is 18.6 Å². The van der Waals surface area contributed by atoms with Gasteiger partial charge in [0.25, 0.3) is 10.1 Å². The van der Waals surface area contributed by atoms with Gasteiger partial charge in [0.15, 0.2) is 0 Å². The summed E-state index contributed by atoms with van der Waals surface area (Å²) in [6.45, 7) is 7.95. The molecule has 0 unspecified atom stereocenters. The number of thiophene rings is 1. The van der Waals surface area contributed by atoms with Crippen molar-refractivity contribution in [3.63, 3.8) is 0 Å². The predicted molar refractivity (Wildman–Crippen MR) is 107 cm³/mol. The number of hydrogen-bond acceptors (Lipinski definition) is 7. The van der Waals surface area contributed by atoms with Crippen molar-refractivity contribution in [3.05, 3.63) is 21.4 Å². The third-order valence-electron chi connectivity index (χ3n) is 4.26. The van der Waals surface area contributed by atoms with Crippen molar-refractivity contribution < 1.29 is 26.9 Å². The minimum absolute atomic E-state index is 0.0119. The molecule has 1 aliphatic heterocycles. The van der Waals surface area contributed by atoms with E-state index in [1.807, 2.05) is 12.3 Å². The van der Waals surface area contributed by atoms with Crippen molar-refractivity contribution in [1.82, 2.24) is 10.2 Å². The minimum Gasteiger partial charge on any atom is -0.444 e. The van der Waals surface area contributed by atoms with Crippen LogP contribution in [0.15, 0.2) is 5.38 Å². The fourth-order valence-electron chi connectivity index (χ4n) is 2.99. The predicted octanol–water partition coefficient (Wildman–Crippen LogP) is 2.72. The van der Waals surface area contributed by atoms with E-state index >= 15 is 0 Å². The topological polar surface area (TPSA) is 102 Å². The lowest BCUT2D eigenvalue weighted by molar-refractivity contribution is -0.129. The zero-order chi connectivity index (χ0) is 21.1. The highest BCUT2D eigenvalue weighted by Crippen LogP contribution is 2.38. The molecule has 0 radical (unpaired) electrons. The molecule has 28 heavy (non-hydrogen) atoms. The van der Waals surface area contributed by atoms with Gasteiger partial charge in [-0.1, -0.05) is 0 Å². The summed E-state index contributed by atoms with van der Waals surface area (Å²) in [4.78, 5) is 26.9. The van der Waals surface area contributed by atoms with Crippen LogP contribution in [-0.4, -0.2) is 50.3 Å². The van der Waals surface area contributed by atoms with Crippen LogP contribution >= 0.6 is 11.3 Å². The molecule has 0 aromatic carbocycles. The SMILES string of the molecule is Cc1c(COS(C)(=O)=O)csc1[C@H]1CCC(=O)N1CCNC(=O)OC(C)(C)C. The Kier molecular flexibility index (Phi) is 7.11. The van der Waals surface area contributed by atoms with E-state index in [1.54, 1.807) is 25.7 Å². The average molecular weight is 433 g/mol. The first-order valence-electron chi connectivity index (χ1n) is 9.05. The highest BCUT2D eigenvalue weighted by molar-refractivity contribution is 7.85. The Bertz CT molecular complexity index is 826. The Balaban J connectivity index is 2.00. The molecule has 0 aliphatic carbocycles. The monoisotopic (exact) mass is 432 g/mol. The van der Waals surface area contributed by atoms with Crippen LogP contribution in [0.25, 0.3) is 0 Å². The van der Waals surface area contributed by atoms with Crippen LogP contribution in [0, 0.1) is 6.92 Å². The molecular weight excluding hydrogens is 404 g/mol. The van der Waals surface area contributed by atoms with Gasteiger partial charge in [0, 0.05) is 24.4 Å². The van der Waals surface area contributed by atoms with Crippen molar-refractivity contribution in [2.75, 3.05) is 19.3 Å². The lowest BCUT2D eigenvalue weighted by Gasteiger charge is -2.25. The number of likely N-dealkylation sites (tertiary alicyclic amines) is 1. The maximum atomic E-state index is 12.3. The van der Waals surface area contributed by atoms with Crippen LogP contribution < -0.4 is 5.32 Å². The number of amides is 2. The summed E-state index contributed by atoms with van der Waals surface area (Å²) >= 11 is 1.50. The largest absolute Gasteiger partial charge is 0.444 e. The third kappa shape index (κ3) is 6.46. The van der Waals surface area contributed by atoms with E-state index in [0.29, 0.717) is 25.9 Å². The van der Waals surface area contributed by atoms with E-state index in [4.69, 9.17) is 8.92 Å². The summed E-state index contributed by atoms with van der Waals surface area (Å²) in [5, 5.41) is 4.55. The molecule has 0 saturated carbocycles. The van der Waals surface area contributed by atoms with E-state index in [2.05, 4.69) is 5.32 Å². The molecule has 1 atom stereocenters. The van der Waals surface area contributed by atoms with Gasteiger partial charge in [0.1, 0.15) is 5.60 Å². The van der Waals surface area contributed by atoms with Crippen molar-refractivity contribution in [3.8, 4) is 0 Å². The molecule has 1 aromatic rings. The first-order chi connectivity index (χ1) is 12.9. The lowest BCUT2D eigenvalue weighted by atomic mass is 10.1. The second kappa shape index (κ2) is 8.79. The van der Waals surface area contributed by atoms with Gasteiger partial charge in [-0.25, -0.2) is 4.79 Å². The number of nitrogens with zero attached hydrogens (tertiary/aromatic N) is 1. The van der Waals surface area contributed by atoms with Gasteiger partial charge in [0.05, 0.1) is 18.9 Å².